The Morgan fingerprint density at radius 2 is 2.20 bits per heavy atom. The molecule has 134 valence electrons. The van der Waals surface area contributed by atoms with Crippen molar-refractivity contribution in [2.24, 2.45) is 7.05 Å². The number of rotatable bonds is 4. The fourth-order valence-electron chi connectivity index (χ4n) is 3.93. The molecule has 0 unspecified atom stereocenters. The first-order chi connectivity index (χ1) is 12.1. The molecule has 2 fully saturated rings. The summed E-state index contributed by atoms with van der Waals surface area (Å²) in [5.41, 5.74) is 1.12. The van der Waals surface area contributed by atoms with Crippen molar-refractivity contribution in [3.63, 3.8) is 0 Å². The lowest BCUT2D eigenvalue weighted by atomic mass is 9.88. The molecule has 8 heteroatoms. The van der Waals surface area contributed by atoms with Crippen LogP contribution in [0, 0.1) is 5.82 Å². The lowest BCUT2D eigenvalue weighted by Gasteiger charge is -2.39. The molecule has 0 bridgehead atoms. The number of likely N-dealkylation sites (tertiary alicyclic amines) is 1. The first kappa shape index (κ1) is 16.4. The van der Waals surface area contributed by atoms with E-state index in [-0.39, 0.29) is 11.6 Å². The van der Waals surface area contributed by atoms with Crippen molar-refractivity contribution in [2.45, 2.75) is 37.5 Å². The van der Waals surface area contributed by atoms with Gasteiger partial charge in [0.25, 0.3) is 0 Å². The minimum Gasteiger partial charge on any atom is -0.371 e. The Balaban J connectivity index is 1.36. The van der Waals surface area contributed by atoms with E-state index in [2.05, 4.69) is 31.5 Å². The number of anilines is 1. The SMILES string of the molecule is Cn1cc(CN2CCC[C@@]3(C[C@H](Nc4ncc(F)cn4)CO3)C2)cn1. The second-order valence-corrected chi connectivity index (χ2v) is 7.10. The number of aromatic nitrogens is 4. The quantitative estimate of drug-likeness (QED) is 0.907. The first-order valence-electron chi connectivity index (χ1n) is 8.68. The largest absolute Gasteiger partial charge is 0.371 e. The zero-order chi connectivity index (χ0) is 17.3. The molecule has 1 N–H and O–H groups in total. The monoisotopic (exact) mass is 346 g/mol. The van der Waals surface area contributed by atoms with Crippen LogP contribution in [-0.2, 0) is 18.3 Å². The number of aryl methyl sites for hydroxylation is 1. The van der Waals surface area contributed by atoms with Crippen molar-refractivity contribution in [2.75, 3.05) is 25.0 Å². The summed E-state index contributed by atoms with van der Waals surface area (Å²) in [5, 5.41) is 7.51. The first-order valence-corrected chi connectivity index (χ1v) is 8.68. The number of hydrogen-bond acceptors (Lipinski definition) is 6. The van der Waals surface area contributed by atoms with Gasteiger partial charge in [0.15, 0.2) is 5.82 Å². The van der Waals surface area contributed by atoms with Crippen molar-refractivity contribution >= 4 is 5.95 Å². The lowest BCUT2D eigenvalue weighted by molar-refractivity contribution is -0.0533. The molecule has 0 aromatic carbocycles. The lowest BCUT2D eigenvalue weighted by Crippen LogP contribution is -2.47. The van der Waals surface area contributed by atoms with Gasteiger partial charge in [-0.3, -0.25) is 9.58 Å². The Bertz CT molecular complexity index is 720. The average Bonchev–Trinajstić information content (AvgIpc) is 3.16. The van der Waals surface area contributed by atoms with Crippen molar-refractivity contribution in [1.29, 1.82) is 0 Å². The Morgan fingerprint density at radius 1 is 1.36 bits per heavy atom. The summed E-state index contributed by atoms with van der Waals surface area (Å²) < 4.78 is 21.0. The highest BCUT2D eigenvalue weighted by molar-refractivity contribution is 5.26. The minimum atomic E-state index is -0.428. The fraction of sp³-hybridized carbons (Fsp3) is 0.588. The van der Waals surface area contributed by atoms with Crippen LogP contribution in [0.1, 0.15) is 24.8 Å². The maximum atomic E-state index is 12.9. The summed E-state index contributed by atoms with van der Waals surface area (Å²) >= 11 is 0. The molecular weight excluding hydrogens is 323 g/mol. The summed E-state index contributed by atoms with van der Waals surface area (Å²) in [6.45, 7) is 3.53. The van der Waals surface area contributed by atoms with Crippen LogP contribution in [0.25, 0.3) is 0 Å². The minimum absolute atomic E-state index is 0.113. The van der Waals surface area contributed by atoms with Crippen LogP contribution < -0.4 is 5.32 Å². The number of hydrogen-bond donors (Lipinski definition) is 1. The molecule has 0 aliphatic carbocycles. The maximum Gasteiger partial charge on any atom is 0.223 e. The van der Waals surface area contributed by atoms with Gasteiger partial charge < -0.3 is 10.1 Å². The van der Waals surface area contributed by atoms with Gasteiger partial charge in [0, 0.05) is 38.3 Å². The topological polar surface area (TPSA) is 68.1 Å². The molecule has 2 aromatic rings. The second-order valence-electron chi connectivity index (χ2n) is 7.10. The van der Waals surface area contributed by atoms with Gasteiger partial charge in [-0.2, -0.15) is 5.10 Å². The summed E-state index contributed by atoms with van der Waals surface area (Å²) in [7, 11) is 1.94. The number of piperidine rings is 1. The van der Waals surface area contributed by atoms with Crippen molar-refractivity contribution in [1.82, 2.24) is 24.6 Å². The van der Waals surface area contributed by atoms with Crippen LogP contribution >= 0.6 is 0 Å². The van der Waals surface area contributed by atoms with E-state index in [0.29, 0.717) is 12.6 Å². The number of ether oxygens (including phenoxy) is 1. The summed E-state index contributed by atoms with van der Waals surface area (Å²) in [6, 6.07) is 0.156. The summed E-state index contributed by atoms with van der Waals surface area (Å²) in [5.74, 6) is 0.0260. The van der Waals surface area contributed by atoms with Crippen LogP contribution in [0.15, 0.2) is 24.8 Å². The van der Waals surface area contributed by atoms with Crippen molar-refractivity contribution in [3.05, 3.63) is 36.2 Å². The predicted octanol–water partition coefficient (Wildman–Crippen LogP) is 1.58. The molecular formula is C17H23FN6O. The van der Waals surface area contributed by atoms with E-state index in [1.165, 1.54) is 18.0 Å². The van der Waals surface area contributed by atoms with E-state index in [9.17, 15) is 4.39 Å². The van der Waals surface area contributed by atoms with Crippen molar-refractivity contribution < 1.29 is 9.13 Å². The van der Waals surface area contributed by atoms with Crippen LogP contribution in [0.2, 0.25) is 0 Å². The molecule has 0 radical (unpaired) electrons. The molecule has 4 heterocycles. The number of nitrogens with zero attached hydrogens (tertiary/aromatic N) is 5. The molecule has 2 atom stereocenters. The van der Waals surface area contributed by atoms with Gasteiger partial charge in [-0.1, -0.05) is 0 Å². The summed E-state index contributed by atoms with van der Waals surface area (Å²) in [6.07, 6.45) is 9.45. The highest BCUT2D eigenvalue weighted by atomic mass is 19.1. The van der Waals surface area contributed by atoms with Gasteiger partial charge in [-0.15, -0.1) is 0 Å². The highest BCUT2D eigenvalue weighted by Gasteiger charge is 2.43. The molecule has 2 aliphatic heterocycles. The number of nitrogens with one attached hydrogen (secondary N) is 1. The molecule has 4 rings (SSSR count). The predicted molar refractivity (Wildman–Crippen MR) is 90.4 cm³/mol. The van der Waals surface area contributed by atoms with Gasteiger partial charge in [0.2, 0.25) is 5.95 Å². The van der Waals surface area contributed by atoms with Gasteiger partial charge >= 0.3 is 0 Å². The fourth-order valence-corrected chi connectivity index (χ4v) is 3.93. The molecule has 2 aromatic heterocycles. The third-order valence-corrected chi connectivity index (χ3v) is 4.95. The van der Waals surface area contributed by atoms with Crippen LogP contribution in [0.3, 0.4) is 0 Å². The molecule has 0 amide bonds. The molecule has 0 saturated carbocycles. The number of halogens is 1. The second kappa shape index (κ2) is 6.68. The highest BCUT2D eigenvalue weighted by Crippen LogP contribution is 2.35. The third kappa shape index (κ3) is 3.80. The van der Waals surface area contributed by atoms with Crippen LogP contribution in [-0.4, -0.2) is 56.0 Å². The zero-order valence-corrected chi connectivity index (χ0v) is 14.4. The molecule has 2 saturated heterocycles. The molecule has 2 aliphatic rings. The van der Waals surface area contributed by atoms with Gasteiger partial charge in [0.05, 0.1) is 36.8 Å². The Morgan fingerprint density at radius 3 is 2.96 bits per heavy atom. The third-order valence-electron chi connectivity index (χ3n) is 4.95. The summed E-state index contributed by atoms with van der Waals surface area (Å²) in [4.78, 5) is 10.4. The van der Waals surface area contributed by atoms with E-state index in [0.717, 1.165) is 38.9 Å². The molecule has 25 heavy (non-hydrogen) atoms. The van der Waals surface area contributed by atoms with Crippen LogP contribution in [0.5, 0.6) is 0 Å². The Labute approximate surface area is 146 Å². The van der Waals surface area contributed by atoms with E-state index in [1.807, 2.05) is 17.9 Å². The van der Waals surface area contributed by atoms with Gasteiger partial charge in [0.1, 0.15) is 0 Å². The average molecular weight is 346 g/mol. The zero-order valence-electron chi connectivity index (χ0n) is 14.4. The normalized spacial score (nSPS) is 27.0. The molecule has 7 nitrogen and oxygen atoms in total. The van der Waals surface area contributed by atoms with Crippen LogP contribution in [0.4, 0.5) is 10.3 Å². The van der Waals surface area contributed by atoms with Gasteiger partial charge in [-0.05, 0) is 19.4 Å². The Hall–Kier alpha value is -2.06. The molecule has 1 spiro atoms. The maximum absolute atomic E-state index is 12.9. The van der Waals surface area contributed by atoms with E-state index < -0.39 is 5.82 Å². The van der Waals surface area contributed by atoms with E-state index in [4.69, 9.17) is 4.74 Å². The van der Waals surface area contributed by atoms with Gasteiger partial charge in [-0.25, -0.2) is 14.4 Å². The van der Waals surface area contributed by atoms with E-state index >= 15 is 0 Å². The van der Waals surface area contributed by atoms with E-state index in [1.54, 1.807) is 0 Å². The Kier molecular flexibility index (Phi) is 4.39. The van der Waals surface area contributed by atoms with Crippen molar-refractivity contribution in [3.8, 4) is 0 Å². The smallest absolute Gasteiger partial charge is 0.223 e. The standard InChI is InChI=1S/C17H23FN6O/c1-23-9-13(6-21-23)10-24-4-2-3-17(12-24)5-15(11-25-17)22-16-19-7-14(18)8-20-16/h6-9,15H,2-5,10-12H2,1H3,(H,19,20,22)/t15-,17+/m0/s1.